The molecule has 1 N–H and O–H groups in total. The van der Waals surface area contributed by atoms with Crippen molar-refractivity contribution >= 4 is 17.2 Å². The smallest absolute Gasteiger partial charge is 0.263 e. The molecule has 1 amide bonds. The Labute approximate surface area is 145 Å². The van der Waals surface area contributed by atoms with Crippen LogP contribution in [0.2, 0.25) is 0 Å². The maximum Gasteiger partial charge on any atom is 0.263 e. The van der Waals surface area contributed by atoms with Crippen LogP contribution in [0.25, 0.3) is 0 Å². The van der Waals surface area contributed by atoms with Gasteiger partial charge in [0.05, 0.1) is 6.04 Å². The summed E-state index contributed by atoms with van der Waals surface area (Å²) in [4.78, 5) is 26.8. The molecular formula is C19H22N2O2S. The molecule has 0 radical (unpaired) electrons. The van der Waals surface area contributed by atoms with E-state index in [1.54, 1.807) is 22.0 Å². The van der Waals surface area contributed by atoms with Crippen LogP contribution < -0.4 is 10.9 Å². The molecule has 0 bridgehead atoms. The van der Waals surface area contributed by atoms with E-state index in [2.05, 4.69) is 16.8 Å². The second-order valence-corrected chi connectivity index (χ2v) is 7.80. The Morgan fingerprint density at radius 2 is 2.00 bits per heavy atom. The first-order valence-electron chi connectivity index (χ1n) is 8.82. The van der Waals surface area contributed by atoms with Crippen molar-refractivity contribution < 1.29 is 4.79 Å². The summed E-state index contributed by atoms with van der Waals surface area (Å²) in [5.41, 5.74) is 1.34. The van der Waals surface area contributed by atoms with E-state index in [-0.39, 0.29) is 29.1 Å². The third-order valence-corrected chi connectivity index (χ3v) is 6.28. The zero-order chi connectivity index (χ0) is 16.5. The highest BCUT2D eigenvalue weighted by atomic mass is 32.1. The lowest BCUT2D eigenvalue weighted by Crippen LogP contribution is -2.40. The van der Waals surface area contributed by atoms with Crippen LogP contribution in [0.15, 0.2) is 34.6 Å². The molecule has 1 saturated carbocycles. The van der Waals surface area contributed by atoms with Crippen LogP contribution in [0.3, 0.4) is 0 Å². The van der Waals surface area contributed by atoms with E-state index in [4.69, 9.17) is 0 Å². The second-order valence-electron chi connectivity index (χ2n) is 6.80. The van der Waals surface area contributed by atoms with Crippen LogP contribution in [-0.2, 0) is 6.42 Å². The van der Waals surface area contributed by atoms with Gasteiger partial charge >= 0.3 is 0 Å². The number of hydrogen-bond donors (Lipinski definition) is 1. The molecule has 1 unspecified atom stereocenters. The number of nitrogens with zero attached hydrogens (tertiary/aromatic N) is 1. The summed E-state index contributed by atoms with van der Waals surface area (Å²) in [6.45, 7) is 0. The van der Waals surface area contributed by atoms with Gasteiger partial charge in [-0.1, -0.05) is 19.3 Å². The van der Waals surface area contributed by atoms with Crippen LogP contribution >= 0.6 is 11.3 Å². The predicted molar refractivity (Wildman–Crippen MR) is 95.8 cm³/mol. The summed E-state index contributed by atoms with van der Waals surface area (Å²) in [5, 5.41) is 5.14. The Balaban J connectivity index is 1.59. The minimum atomic E-state index is -0.218. The summed E-state index contributed by atoms with van der Waals surface area (Å²) in [6, 6.07) is 5.87. The van der Waals surface area contributed by atoms with Gasteiger partial charge in [0, 0.05) is 17.1 Å². The first-order chi connectivity index (χ1) is 11.7. The van der Waals surface area contributed by atoms with Crippen molar-refractivity contribution in [2.24, 2.45) is 0 Å². The third kappa shape index (κ3) is 2.81. The molecule has 2 aromatic rings. The quantitative estimate of drug-likeness (QED) is 0.928. The summed E-state index contributed by atoms with van der Waals surface area (Å²) in [7, 11) is 0. The second kappa shape index (κ2) is 6.55. The molecule has 2 heterocycles. The fraction of sp³-hybridized carbons (Fsp3) is 0.474. The average molecular weight is 342 g/mol. The zero-order valence-corrected chi connectivity index (χ0v) is 14.5. The van der Waals surface area contributed by atoms with Crippen molar-refractivity contribution in [2.75, 3.05) is 0 Å². The number of aryl methyl sites for hydroxylation is 1. The Hall–Kier alpha value is -1.88. The number of hydrogen-bond acceptors (Lipinski definition) is 3. The van der Waals surface area contributed by atoms with Crippen molar-refractivity contribution in [3.63, 3.8) is 0 Å². The number of aromatic nitrogens is 1. The summed E-state index contributed by atoms with van der Waals surface area (Å²) >= 11 is 1.76. The van der Waals surface area contributed by atoms with Crippen LogP contribution in [0.4, 0.5) is 0 Å². The van der Waals surface area contributed by atoms with E-state index in [9.17, 15) is 9.59 Å². The molecule has 24 heavy (non-hydrogen) atoms. The highest BCUT2D eigenvalue weighted by Crippen LogP contribution is 2.36. The van der Waals surface area contributed by atoms with Crippen molar-refractivity contribution in [2.45, 2.75) is 57.0 Å². The standard InChI is InChI=1S/C19H22N2O2S/c22-18(20-13-5-2-1-3-6-13)15-7-4-11-21(19(15)23)16-8-9-17-14(16)10-12-24-17/h4,7,10-13,16H,1-3,5-6,8-9H2,(H,20,22). The van der Waals surface area contributed by atoms with E-state index < -0.39 is 0 Å². The van der Waals surface area contributed by atoms with Crippen LogP contribution in [0, 0.1) is 0 Å². The topological polar surface area (TPSA) is 51.1 Å². The molecule has 126 valence electrons. The first kappa shape index (κ1) is 15.6. The normalized spacial score (nSPS) is 20.8. The molecule has 2 aromatic heterocycles. The number of carbonyl (C=O) groups excluding carboxylic acids is 1. The van der Waals surface area contributed by atoms with Gasteiger partial charge in [0.25, 0.3) is 11.5 Å². The van der Waals surface area contributed by atoms with Gasteiger partial charge < -0.3 is 9.88 Å². The van der Waals surface area contributed by atoms with Crippen molar-refractivity contribution in [1.82, 2.24) is 9.88 Å². The van der Waals surface area contributed by atoms with E-state index in [0.717, 1.165) is 38.5 Å². The number of fused-ring (bicyclic) bond motifs is 1. The number of thiophene rings is 1. The number of pyridine rings is 1. The third-order valence-electron chi connectivity index (χ3n) is 5.28. The average Bonchev–Trinajstić information content (AvgIpc) is 3.20. The van der Waals surface area contributed by atoms with E-state index in [1.807, 2.05) is 12.3 Å². The Morgan fingerprint density at radius 3 is 2.83 bits per heavy atom. The minimum Gasteiger partial charge on any atom is -0.349 e. The van der Waals surface area contributed by atoms with Crippen molar-refractivity contribution in [3.05, 3.63) is 56.1 Å². The Bertz CT molecular complexity index is 802. The fourth-order valence-electron chi connectivity index (χ4n) is 4.00. The maximum absolute atomic E-state index is 12.9. The highest BCUT2D eigenvalue weighted by molar-refractivity contribution is 7.10. The molecule has 1 fully saturated rings. The molecule has 4 nitrogen and oxygen atoms in total. The summed E-state index contributed by atoms with van der Waals surface area (Å²) in [5.74, 6) is -0.218. The molecule has 0 saturated heterocycles. The number of carbonyl (C=O) groups is 1. The molecule has 1 atom stereocenters. The minimum absolute atomic E-state index is 0.0705. The summed E-state index contributed by atoms with van der Waals surface area (Å²) in [6.07, 6.45) is 9.38. The van der Waals surface area contributed by atoms with Gasteiger partial charge in [-0.15, -0.1) is 11.3 Å². The summed E-state index contributed by atoms with van der Waals surface area (Å²) < 4.78 is 1.74. The monoisotopic (exact) mass is 342 g/mol. The van der Waals surface area contributed by atoms with Crippen LogP contribution in [-0.4, -0.2) is 16.5 Å². The van der Waals surface area contributed by atoms with Gasteiger partial charge in [-0.05, 0) is 54.8 Å². The number of nitrogens with one attached hydrogen (secondary N) is 1. The largest absolute Gasteiger partial charge is 0.349 e. The van der Waals surface area contributed by atoms with Crippen molar-refractivity contribution in [3.8, 4) is 0 Å². The number of amides is 1. The van der Waals surface area contributed by atoms with E-state index in [0.29, 0.717) is 0 Å². The van der Waals surface area contributed by atoms with Gasteiger partial charge in [0.2, 0.25) is 0 Å². The van der Waals surface area contributed by atoms with Gasteiger partial charge in [0.15, 0.2) is 0 Å². The zero-order valence-electron chi connectivity index (χ0n) is 13.7. The van der Waals surface area contributed by atoms with E-state index in [1.165, 1.54) is 16.9 Å². The van der Waals surface area contributed by atoms with E-state index >= 15 is 0 Å². The lowest BCUT2D eigenvalue weighted by atomic mass is 9.95. The molecule has 4 rings (SSSR count). The lowest BCUT2D eigenvalue weighted by Gasteiger charge is -2.23. The van der Waals surface area contributed by atoms with Crippen LogP contribution in [0.5, 0.6) is 0 Å². The van der Waals surface area contributed by atoms with Gasteiger partial charge in [0.1, 0.15) is 5.56 Å². The van der Waals surface area contributed by atoms with Crippen molar-refractivity contribution in [1.29, 1.82) is 0 Å². The highest BCUT2D eigenvalue weighted by Gasteiger charge is 2.27. The predicted octanol–water partition coefficient (Wildman–Crippen LogP) is 3.51. The van der Waals surface area contributed by atoms with Gasteiger partial charge in [-0.25, -0.2) is 0 Å². The fourth-order valence-corrected chi connectivity index (χ4v) is 4.96. The maximum atomic E-state index is 12.9. The first-order valence-corrected chi connectivity index (χ1v) is 9.70. The molecule has 0 aliphatic heterocycles. The van der Waals surface area contributed by atoms with Gasteiger partial charge in [-0.3, -0.25) is 9.59 Å². The molecular weight excluding hydrogens is 320 g/mol. The molecule has 2 aliphatic rings. The number of rotatable bonds is 3. The lowest BCUT2D eigenvalue weighted by molar-refractivity contribution is 0.0925. The molecule has 0 aromatic carbocycles. The molecule has 2 aliphatic carbocycles. The Kier molecular flexibility index (Phi) is 4.27. The van der Waals surface area contributed by atoms with Gasteiger partial charge in [-0.2, -0.15) is 0 Å². The molecule has 0 spiro atoms. The van der Waals surface area contributed by atoms with Crippen LogP contribution in [0.1, 0.15) is 65.4 Å². The SMILES string of the molecule is O=C(NC1CCCCC1)c1cccn(C2CCc3sccc32)c1=O. The Morgan fingerprint density at radius 1 is 1.17 bits per heavy atom. The molecule has 5 heteroatoms.